The van der Waals surface area contributed by atoms with Crippen molar-refractivity contribution in [3.63, 3.8) is 0 Å². The van der Waals surface area contributed by atoms with E-state index in [1.54, 1.807) is 30.6 Å². The molecule has 1 aromatic carbocycles. The van der Waals surface area contributed by atoms with Crippen LogP contribution in [0.15, 0.2) is 30.6 Å². The van der Waals surface area contributed by atoms with Crippen LogP contribution in [0.3, 0.4) is 0 Å². The lowest BCUT2D eigenvalue weighted by Gasteiger charge is -2.35. The number of piperazine rings is 1. The van der Waals surface area contributed by atoms with Crippen molar-refractivity contribution in [1.82, 2.24) is 19.9 Å². The van der Waals surface area contributed by atoms with Crippen LogP contribution < -0.4 is 9.64 Å². The van der Waals surface area contributed by atoms with Gasteiger partial charge in [-0.1, -0.05) is 0 Å². The Hall–Kier alpha value is -2.58. The topological polar surface area (TPSA) is 54.4 Å². The number of benzene rings is 1. The SMILES string of the molecule is COc1ccc(-c2ncnc(N3CCN(Cc4sc(C)nc4C)CC3)c2F)cc1. The number of thiazole rings is 1. The third-order valence-corrected chi connectivity index (χ3v) is 6.23. The zero-order chi connectivity index (χ0) is 20.4. The van der Waals surface area contributed by atoms with Gasteiger partial charge in [0.1, 0.15) is 17.8 Å². The molecule has 6 nitrogen and oxygen atoms in total. The molecule has 0 saturated carbocycles. The molecule has 0 amide bonds. The van der Waals surface area contributed by atoms with Crippen LogP contribution in [0.1, 0.15) is 15.6 Å². The number of nitrogens with zero attached hydrogens (tertiary/aromatic N) is 5. The monoisotopic (exact) mass is 413 g/mol. The third kappa shape index (κ3) is 4.23. The summed E-state index contributed by atoms with van der Waals surface area (Å²) in [5.41, 5.74) is 2.14. The van der Waals surface area contributed by atoms with Crippen molar-refractivity contribution in [3.8, 4) is 17.0 Å². The molecule has 0 unspecified atom stereocenters. The fraction of sp³-hybridized carbons (Fsp3) is 0.381. The predicted octanol–water partition coefficient (Wildman–Crippen LogP) is 3.69. The molecule has 0 spiro atoms. The molecule has 152 valence electrons. The summed E-state index contributed by atoms with van der Waals surface area (Å²) in [5, 5.41) is 1.10. The highest BCUT2D eigenvalue weighted by Crippen LogP contribution is 2.28. The zero-order valence-electron chi connectivity index (χ0n) is 16.9. The van der Waals surface area contributed by atoms with Gasteiger partial charge >= 0.3 is 0 Å². The highest BCUT2D eigenvalue weighted by Gasteiger charge is 2.23. The minimum atomic E-state index is -0.375. The van der Waals surface area contributed by atoms with E-state index < -0.39 is 0 Å². The number of hydrogen-bond acceptors (Lipinski definition) is 7. The summed E-state index contributed by atoms with van der Waals surface area (Å²) in [5.74, 6) is 0.723. The van der Waals surface area contributed by atoms with Crippen LogP contribution in [-0.4, -0.2) is 53.1 Å². The molecule has 4 rings (SSSR count). The van der Waals surface area contributed by atoms with Crippen LogP contribution in [0.25, 0.3) is 11.3 Å². The van der Waals surface area contributed by atoms with Crippen LogP contribution >= 0.6 is 11.3 Å². The van der Waals surface area contributed by atoms with E-state index in [2.05, 4.69) is 26.8 Å². The molecule has 0 bridgehead atoms. The van der Waals surface area contributed by atoms with Gasteiger partial charge in [0.05, 0.1) is 17.8 Å². The lowest BCUT2D eigenvalue weighted by Crippen LogP contribution is -2.46. The van der Waals surface area contributed by atoms with Gasteiger partial charge < -0.3 is 9.64 Å². The molecule has 29 heavy (non-hydrogen) atoms. The van der Waals surface area contributed by atoms with Gasteiger partial charge in [-0.3, -0.25) is 4.90 Å². The Morgan fingerprint density at radius 1 is 1.07 bits per heavy atom. The van der Waals surface area contributed by atoms with E-state index in [4.69, 9.17) is 4.74 Å². The number of rotatable bonds is 5. The van der Waals surface area contributed by atoms with Crippen molar-refractivity contribution in [3.05, 3.63) is 52.0 Å². The molecule has 0 aliphatic carbocycles. The van der Waals surface area contributed by atoms with Crippen LogP contribution in [-0.2, 0) is 6.54 Å². The Labute approximate surface area is 174 Å². The van der Waals surface area contributed by atoms with Gasteiger partial charge in [0, 0.05) is 43.2 Å². The molecule has 8 heteroatoms. The van der Waals surface area contributed by atoms with Crippen LogP contribution in [0.4, 0.5) is 10.2 Å². The number of aromatic nitrogens is 3. The maximum Gasteiger partial charge on any atom is 0.191 e. The van der Waals surface area contributed by atoms with Crippen molar-refractivity contribution in [2.75, 3.05) is 38.2 Å². The number of ether oxygens (including phenoxy) is 1. The smallest absolute Gasteiger partial charge is 0.191 e. The average Bonchev–Trinajstić information content (AvgIpc) is 3.06. The van der Waals surface area contributed by atoms with Gasteiger partial charge in [0.25, 0.3) is 0 Å². The molecule has 3 aromatic rings. The van der Waals surface area contributed by atoms with Crippen molar-refractivity contribution in [1.29, 1.82) is 0 Å². The lowest BCUT2D eigenvalue weighted by molar-refractivity contribution is 0.250. The summed E-state index contributed by atoms with van der Waals surface area (Å²) < 4.78 is 20.4. The second kappa shape index (κ2) is 8.42. The highest BCUT2D eigenvalue weighted by molar-refractivity contribution is 7.11. The van der Waals surface area contributed by atoms with Crippen LogP contribution in [0.5, 0.6) is 5.75 Å². The van der Waals surface area contributed by atoms with E-state index in [0.29, 0.717) is 17.1 Å². The first-order valence-electron chi connectivity index (χ1n) is 9.60. The minimum Gasteiger partial charge on any atom is -0.497 e. The Bertz CT molecular complexity index is 983. The number of methoxy groups -OCH3 is 1. The molecule has 3 heterocycles. The molecular weight excluding hydrogens is 389 g/mol. The van der Waals surface area contributed by atoms with Crippen molar-refractivity contribution >= 4 is 17.2 Å². The largest absolute Gasteiger partial charge is 0.497 e. The third-order valence-electron chi connectivity index (χ3n) is 5.17. The molecule has 0 atom stereocenters. The van der Waals surface area contributed by atoms with E-state index in [1.165, 1.54) is 11.2 Å². The van der Waals surface area contributed by atoms with E-state index >= 15 is 4.39 Å². The van der Waals surface area contributed by atoms with Gasteiger partial charge in [0.15, 0.2) is 11.6 Å². The quantitative estimate of drug-likeness (QED) is 0.636. The van der Waals surface area contributed by atoms with Gasteiger partial charge in [-0.2, -0.15) is 0 Å². The number of anilines is 1. The first-order valence-corrected chi connectivity index (χ1v) is 10.4. The highest BCUT2D eigenvalue weighted by atomic mass is 32.1. The van der Waals surface area contributed by atoms with Crippen molar-refractivity contribution in [2.24, 2.45) is 0 Å². The lowest BCUT2D eigenvalue weighted by atomic mass is 10.1. The fourth-order valence-corrected chi connectivity index (χ4v) is 4.55. The molecular formula is C21H24FN5OS. The zero-order valence-corrected chi connectivity index (χ0v) is 17.7. The normalized spacial score (nSPS) is 15.0. The second-order valence-corrected chi connectivity index (χ2v) is 8.38. The molecule has 1 aliphatic rings. The Kier molecular flexibility index (Phi) is 5.73. The Morgan fingerprint density at radius 3 is 2.41 bits per heavy atom. The van der Waals surface area contributed by atoms with Crippen molar-refractivity contribution in [2.45, 2.75) is 20.4 Å². The van der Waals surface area contributed by atoms with E-state index in [9.17, 15) is 0 Å². The first kappa shape index (κ1) is 19.7. The average molecular weight is 414 g/mol. The molecule has 0 N–H and O–H groups in total. The minimum absolute atomic E-state index is 0.316. The molecule has 2 aromatic heterocycles. The number of aryl methyl sites for hydroxylation is 2. The first-order chi connectivity index (χ1) is 14.0. The van der Waals surface area contributed by atoms with E-state index in [0.717, 1.165) is 49.2 Å². The molecule has 1 fully saturated rings. The molecule has 0 radical (unpaired) electrons. The maximum absolute atomic E-state index is 15.2. The van der Waals surface area contributed by atoms with E-state index in [1.807, 2.05) is 24.0 Å². The summed E-state index contributed by atoms with van der Waals surface area (Å²) in [4.78, 5) is 18.6. The van der Waals surface area contributed by atoms with Gasteiger partial charge in [-0.25, -0.2) is 19.3 Å². The number of hydrogen-bond donors (Lipinski definition) is 0. The van der Waals surface area contributed by atoms with Gasteiger partial charge in [-0.15, -0.1) is 11.3 Å². The summed E-state index contributed by atoms with van der Waals surface area (Å²) in [6.45, 7) is 8.17. The summed E-state index contributed by atoms with van der Waals surface area (Å²) in [6.07, 6.45) is 1.44. The maximum atomic E-state index is 15.2. The predicted molar refractivity (Wildman–Crippen MR) is 113 cm³/mol. The van der Waals surface area contributed by atoms with E-state index in [-0.39, 0.29) is 5.82 Å². The van der Waals surface area contributed by atoms with Crippen LogP contribution in [0.2, 0.25) is 0 Å². The Balaban J connectivity index is 1.46. The molecule has 1 saturated heterocycles. The standard InChI is InChI=1S/C21H24FN5OS/c1-14-18(29-15(2)25-14)12-26-8-10-27(11-9-26)21-19(22)20(23-13-24-21)16-4-6-17(28-3)7-5-16/h4-7,13H,8-12H2,1-3H3. The number of halogens is 1. The van der Waals surface area contributed by atoms with Gasteiger partial charge in [-0.05, 0) is 38.1 Å². The summed E-state index contributed by atoms with van der Waals surface area (Å²) >= 11 is 1.75. The fourth-order valence-electron chi connectivity index (χ4n) is 3.57. The Morgan fingerprint density at radius 2 is 1.79 bits per heavy atom. The van der Waals surface area contributed by atoms with Gasteiger partial charge in [0.2, 0.25) is 0 Å². The van der Waals surface area contributed by atoms with Crippen molar-refractivity contribution < 1.29 is 9.13 Å². The molecule has 1 aliphatic heterocycles. The second-order valence-electron chi connectivity index (χ2n) is 7.09. The van der Waals surface area contributed by atoms with Crippen LogP contribution in [0, 0.1) is 19.7 Å². The summed E-state index contributed by atoms with van der Waals surface area (Å²) in [6, 6.07) is 7.23. The summed E-state index contributed by atoms with van der Waals surface area (Å²) in [7, 11) is 1.61.